The Morgan fingerprint density at radius 3 is 2.89 bits per heavy atom. The van der Waals surface area contributed by atoms with Crippen molar-refractivity contribution in [2.24, 2.45) is 16.8 Å². The Morgan fingerprint density at radius 1 is 1.36 bits per heavy atom. The number of carbonyl (C=O) groups is 1. The topological polar surface area (TPSA) is 70.7 Å². The average molecular weight is 402 g/mol. The molecule has 2 heterocycles. The molecule has 0 aliphatic carbocycles. The summed E-state index contributed by atoms with van der Waals surface area (Å²) in [5.74, 6) is -1.46. The minimum atomic E-state index is -0.860. The highest BCUT2D eigenvalue weighted by molar-refractivity contribution is 8.15. The van der Waals surface area contributed by atoms with Gasteiger partial charge in [-0.05, 0) is 37.2 Å². The van der Waals surface area contributed by atoms with Crippen LogP contribution in [0.3, 0.4) is 0 Å². The first-order valence-corrected chi connectivity index (χ1v) is 9.86. The molecule has 2 aromatic carbocycles. The smallest absolute Gasteiger partial charge is 0.241 e. The maximum absolute atomic E-state index is 14.4. The van der Waals surface area contributed by atoms with Crippen LogP contribution in [0.4, 0.5) is 14.5 Å². The summed E-state index contributed by atoms with van der Waals surface area (Å²) < 4.78 is 28.2. The highest BCUT2D eigenvalue weighted by Crippen LogP contribution is 2.56. The van der Waals surface area contributed by atoms with Gasteiger partial charge in [-0.1, -0.05) is 30.0 Å². The number of benzene rings is 2. The maximum Gasteiger partial charge on any atom is 0.241 e. The molecule has 2 aliphatic rings. The second-order valence-corrected chi connectivity index (χ2v) is 8.07. The van der Waals surface area contributed by atoms with Gasteiger partial charge in [-0.15, -0.1) is 0 Å². The third-order valence-electron chi connectivity index (χ3n) is 5.14. The van der Waals surface area contributed by atoms with Crippen LogP contribution in [0.15, 0.2) is 47.6 Å². The van der Waals surface area contributed by atoms with Crippen LogP contribution in [0.5, 0.6) is 0 Å². The van der Waals surface area contributed by atoms with Crippen LogP contribution in [-0.4, -0.2) is 29.0 Å². The van der Waals surface area contributed by atoms with Gasteiger partial charge in [0.2, 0.25) is 5.91 Å². The van der Waals surface area contributed by atoms with E-state index in [2.05, 4.69) is 10.4 Å². The number of thioether (sulfide) groups is 1. The SMILES string of the molecule is CC(=O)N1N=C(c2cc(F)ccc2F)S[C@@]12c1ccccc1NC[C@@H]2CCN. The van der Waals surface area contributed by atoms with Gasteiger partial charge in [-0.25, -0.2) is 13.8 Å². The summed E-state index contributed by atoms with van der Waals surface area (Å²) in [6.45, 7) is 2.46. The summed E-state index contributed by atoms with van der Waals surface area (Å²) in [5, 5.41) is 9.54. The van der Waals surface area contributed by atoms with Crippen molar-refractivity contribution in [1.29, 1.82) is 0 Å². The first-order valence-electron chi connectivity index (χ1n) is 9.04. The lowest BCUT2D eigenvalue weighted by Crippen LogP contribution is -2.51. The number of hydrazone groups is 1. The van der Waals surface area contributed by atoms with Gasteiger partial charge in [-0.3, -0.25) is 4.79 Å². The molecule has 0 radical (unpaired) electrons. The molecule has 146 valence electrons. The Kier molecular flexibility index (Phi) is 4.84. The van der Waals surface area contributed by atoms with E-state index >= 15 is 0 Å². The van der Waals surface area contributed by atoms with E-state index in [1.165, 1.54) is 23.7 Å². The van der Waals surface area contributed by atoms with Crippen molar-refractivity contribution in [1.82, 2.24) is 5.01 Å². The highest BCUT2D eigenvalue weighted by Gasteiger charge is 2.55. The van der Waals surface area contributed by atoms with Gasteiger partial charge in [0.15, 0.2) is 0 Å². The zero-order chi connectivity index (χ0) is 19.9. The molecule has 1 spiro atoms. The van der Waals surface area contributed by atoms with Crippen molar-refractivity contribution >= 4 is 28.4 Å². The molecule has 3 N–H and O–H groups in total. The Morgan fingerprint density at radius 2 is 2.14 bits per heavy atom. The monoisotopic (exact) mass is 402 g/mol. The number of para-hydroxylation sites is 1. The quantitative estimate of drug-likeness (QED) is 0.825. The number of hydrogen-bond donors (Lipinski definition) is 2. The largest absolute Gasteiger partial charge is 0.384 e. The van der Waals surface area contributed by atoms with E-state index in [1.54, 1.807) is 0 Å². The van der Waals surface area contributed by atoms with Crippen molar-refractivity contribution in [3.63, 3.8) is 0 Å². The molecule has 0 saturated heterocycles. The number of hydrogen-bond acceptors (Lipinski definition) is 5. The zero-order valence-corrected chi connectivity index (χ0v) is 16.1. The minimum Gasteiger partial charge on any atom is -0.384 e. The lowest BCUT2D eigenvalue weighted by molar-refractivity contribution is -0.133. The lowest BCUT2D eigenvalue weighted by atomic mass is 9.84. The molecule has 0 aromatic heterocycles. The lowest BCUT2D eigenvalue weighted by Gasteiger charge is -2.46. The number of nitrogens with zero attached hydrogens (tertiary/aromatic N) is 2. The van der Waals surface area contributed by atoms with Crippen LogP contribution in [-0.2, 0) is 9.67 Å². The fraction of sp³-hybridized carbons (Fsp3) is 0.300. The molecule has 4 rings (SSSR count). The second-order valence-electron chi connectivity index (χ2n) is 6.86. The average Bonchev–Trinajstić information content (AvgIpc) is 3.08. The van der Waals surface area contributed by atoms with Gasteiger partial charge in [0.25, 0.3) is 0 Å². The molecule has 2 atom stereocenters. The predicted molar refractivity (Wildman–Crippen MR) is 107 cm³/mol. The van der Waals surface area contributed by atoms with Gasteiger partial charge < -0.3 is 11.1 Å². The van der Waals surface area contributed by atoms with E-state index < -0.39 is 16.5 Å². The van der Waals surface area contributed by atoms with E-state index in [1.807, 2.05) is 24.3 Å². The van der Waals surface area contributed by atoms with Crippen LogP contribution in [0.1, 0.15) is 24.5 Å². The molecule has 2 aliphatic heterocycles. The van der Waals surface area contributed by atoms with E-state index in [0.717, 1.165) is 29.4 Å². The third-order valence-corrected chi connectivity index (χ3v) is 6.67. The Hall–Kier alpha value is -2.45. The molecule has 2 aromatic rings. The summed E-state index contributed by atoms with van der Waals surface area (Å²) in [6, 6.07) is 10.9. The van der Waals surface area contributed by atoms with Crippen LogP contribution in [0.2, 0.25) is 0 Å². The number of rotatable bonds is 3. The highest BCUT2D eigenvalue weighted by atomic mass is 32.2. The van der Waals surface area contributed by atoms with Crippen molar-refractivity contribution in [2.75, 3.05) is 18.4 Å². The second kappa shape index (κ2) is 7.18. The molecule has 28 heavy (non-hydrogen) atoms. The molecule has 0 unspecified atom stereocenters. The van der Waals surface area contributed by atoms with Crippen LogP contribution in [0.25, 0.3) is 0 Å². The molecule has 0 saturated carbocycles. The molecule has 0 bridgehead atoms. The number of amides is 1. The molecule has 0 fully saturated rings. The normalized spacial score (nSPS) is 23.4. The molecule has 8 heteroatoms. The van der Waals surface area contributed by atoms with Gasteiger partial charge >= 0.3 is 0 Å². The van der Waals surface area contributed by atoms with E-state index in [4.69, 9.17) is 5.73 Å². The van der Waals surface area contributed by atoms with Gasteiger partial charge in [-0.2, -0.15) is 5.10 Å². The van der Waals surface area contributed by atoms with Gasteiger partial charge in [0, 0.05) is 36.2 Å². The van der Waals surface area contributed by atoms with Crippen molar-refractivity contribution in [3.8, 4) is 0 Å². The Labute approximate surface area is 166 Å². The summed E-state index contributed by atoms with van der Waals surface area (Å²) in [7, 11) is 0. The minimum absolute atomic E-state index is 0.0515. The van der Waals surface area contributed by atoms with Crippen molar-refractivity contribution < 1.29 is 13.6 Å². The predicted octanol–water partition coefficient (Wildman–Crippen LogP) is 3.47. The maximum atomic E-state index is 14.4. The van der Waals surface area contributed by atoms with E-state index in [9.17, 15) is 13.6 Å². The van der Waals surface area contributed by atoms with Crippen LogP contribution >= 0.6 is 11.8 Å². The first-order chi connectivity index (χ1) is 13.5. The number of halogens is 2. The Bertz CT molecular complexity index is 967. The molecule has 5 nitrogen and oxygen atoms in total. The number of anilines is 1. The third kappa shape index (κ3) is 2.87. The van der Waals surface area contributed by atoms with Crippen molar-refractivity contribution in [2.45, 2.75) is 18.2 Å². The van der Waals surface area contributed by atoms with E-state index in [0.29, 0.717) is 19.5 Å². The summed E-state index contributed by atoms with van der Waals surface area (Å²) in [5.41, 5.74) is 7.68. The number of nitrogens with two attached hydrogens (primary N) is 1. The Balaban J connectivity index is 1.89. The van der Waals surface area contributed by atoms with Crippen LogP contribution < -0.4 is 11.1 Å². The first kappa shape index (κ1) is 18.9. The van der Waals surface area contributed by atoms with Gasteiger partial charge in [0.05, 0.1) is 0 Å². The molecule has 1 amide bonds. The van der Waals surface area contributed by atoms with Gasteiger partial charge in [0.1, 0.15) is 21.5 Å². The number of fused-ring (bicyclic) bond motifs is 2. The summed E-state index contributed by atoms with van der Waals surface area (Å²) in [4.78, 5) is 11.7. The molecular weight excluding hydrogens is 382 g/mol. The zero-order valence-electron chi connectivity index (χ0n) is 15.3. The fourth-order valence-corrected chi connectivity index (χ4v) is 5.51. The van der Waals surface area contributed by atoms with Crippen molar-refractivity contribution in [3.05, 3.63) is 65.2 Å². The summed E-state index contributed by atoms with van der Waals surface area (Å²) in [6.07, 6.45) is 0.645. The molecular formula is C20H20F2N4OS. The standard InChI is InChI=1S/C20H20F2N4OS/c1-12(27)26-20(28-19(25-26)15-10-14(21)6-7-17(15)22)13(8-9-23)11-24-18-5-3-2-4-16(18)20/h2-7,10,13,24H,8-9,11,23H2,1H3/t13-,20-/m0/s1. The van der Waals surface area contributed by atoms with E-state index in [-0.39, 0.29) is 22.4 Å². The number of nitrogens with one attached hydrogen (secondary N) is 1. The number of carbonyl (C=O) groups excluding carboxylic acids is 1. The summed E-state index contributed by atoms with van der Waals surface area (Å²) >= 11 is 1.29. The van der Waals surface area contributed by atoms with Crippen LogP contribution in [0, 0.1) is 17.6 Å². The fourth-order valence-electron chi connectivity index (χ4n) is 3.92.